The molecule has 0 saturated heterocycles. The summed E-state index contributed by atoms with van der Waals surface area (Å²) in [6, 6.07) is 9.51. The number of nitrogens with zero attached hydrogens (tertiary/aromatic N) is 1. The number of aliphatic hydroxyl groups is 1. The van der Waals surface area contributed by atoms with Crippen LogP contribution in [0.1, 0.15) is 11.1 Å². The summed E-state index contributed by atoms with van der Waals surface area (Å²) in [4.78, 5) is 1.82. The van der Waals surface area contributed by atoms with Crippen LogP contribution in [0, 0.1) is 11.6 Å². The maximum atomic E-state index is 13.9. The van der Waals surface area contributed by atoms with E-state index >= 15 is 0 Å². The van der Waals surface area contributed by atoms with Gasteiger partial charge in [-0.15, -0.1) is 0 Å². The first-order chi connectivity index (χ1) is 11.6. The molecule has 0 atom stereocenters. The minimum Gasteiger partial charge on any atom is -0.497 e. The van der Waals surface area contributed by atoms with E-state index in [0.717, 1.165) is 11.6 Å². The van der Waals surface area contributed by atoms with E-state index < -0.39 is 11.6 Å². The van der Waals surface area contributed by atoms with Gasteiger partial charge < -0.3 is 14.6 Å². The predicted molar refractivity (Wildman–Crippen MR) is 87.1 cm³/mol. The van der Waals surface area contributed by atoms with Crippen LogP contribution in [0.2, 0.25) is 0 Å². The molecule has 0 bridgehead atoms. The van der Waals surface area contributed by atoms with Gasteiger partial charge in [0, 0.05) is 36.8 Å². The highest BCUT2D eigenvalue weighted by Crippen LogP contribution is 2.26. The number of hydrogen-bond donors (Lipinski definition) is 1. The third kappa shape index (κ3) is 4.43. The van der Waals surface area contributed by atoms with Crippen molar-refractivity contribution in [3.05, 3.63) is 59.2 Å². The minimum absolute atomic E-state index is 0.0879. The molecule has 0 aliphatic heterocycles. The molecule has 1 N–H and O–H groups in total. The van der Waals surface area contributed by atoms with Crippen LogP contribution in [-0.2, 0) is 13.1 Å². The Morgan fingerprint density at radius 1 is 1.00 bits per heavy atom. The van der Waals surface area contributed by atoms with Gasteiger partial charge in [0.25, 0.3) is 0 Å². The van der Waals surface area contributed by atoms with Gasteiger partial charge in [-0.05, 0) is 12.1 Å². The molecule has 0 radical (unpaired) electrons. The van der Waals surface area contributed by atoms with Gasteiger partial charge in [-0.2, -0.15) is 0 Å². The van der Waals surface area contributed by atoms with Crippen molar-refractivity contribution in [1.29, 1.82) is 0 Å². The maximum absolute atomic E-state index is 13.9. The molecule has 0 spiro atoms. The monoisotopic (exact) mass is 337 g/mol. The molecule has 0 aliphatic carbocycles. The van der Waals surface area contributed by atoms with Crippen molar-refractivity contribution in [2.24, 2.45) is 0 Å². The number of hydrogen-bond acceptors (Lipinski definition) is 4. The number of halogens is 2. The Morgan fingerprint density at radius 3 is 2.42 bits per heavy atom. The number of methoxy groups -OCH3 is 2. The molecule has 130 valence electrons. The molecular weight excluding hydrogens is 316 g/mol. The molecule has 2 aromatic carbocycles. The Labute approximate surface area is 140 Å². The minimum atomic E-state index is -0.876. The number of benzene rings is 2. The lowest BCUT2D eigenvalue weighted by molar-refractivity contribution is 0.181. The van der Waals surface area contributed by atoms with Gasteiger partial charge in [-0.25, -0.2) is 8.78 Å². The lowest BCUT2D eigenvalue weighted by Crippen LogP contribution is -2.27. The third-order valence-electron chi connectivity index (χ3n) is 3.73. The molecule has 4 nitrogen and oxygen atoms in total. The van der Waals surface area contributed by atoms with Gasteiger partial charge in [0.1, 0.15) is 11.5 Å². The van der Waals surface area contributed by atoms with E-state index in [1.165, 1.54) is 12.1 Å². The highest BCUT2D eigenvalue weighted by atomic mass is 19.2. The fourth-order valence-electron chi connectivity index (χ4n) is 2.49. The second-order valence-electron chi connectivity index (χ2n) is 5.32. The molecule has 0 aliphatic rings. The summed E-state index contributed by atoms with van der Waals surface area (Å²) in [7, 11) is 3.13. The van der Waals surface area contributed by atoms with Crippen molar-refractivity contribution in [2.75, 3.05) is 27.4 Å². The van der Waals surface area contributed by atoms with Crippen LogP contribution in [0.15, 0.2) is 36.4 Å². The number of rotatable bonds is 8. The molecule has 24 heavy (non-hydrogen) atoms. The second-order valence-corrected chi connectivity index (χ2v) is 5.32. The van der Waals surface area contributed by atoms with Crippen LogP contribution >= 0.6 is 0 Å². The largest absolute Gasteiger partial charge is 0.497 e. The molecule has 0 saturated carbocycles. The summed E-state index contributed by atoms with van der Waals surface area (Å²) in [5, 5.41) is 9.26. The number of ether oxygens (including phenoxy) is 2. The summed E-state index contributed by atoms with van der Waals surface area (Å²) in [5.41, 5.74) is 1.11. The van der Waals surface area contributed by atoms with Crippen LogP contribution in [0.4, 0.5) is 8.78 Å². The molecule has 2 rings (SSSR count). The summed E-state index contributed by atoms with van der Waals surface area (Å²) >= 11 is 0. The highest BCUT2D eigenvalue weighted by Gasteiger charge is 2.15. The highest BCUT2D eigenvalue weighted by molar-refractivity contribution is 5.40. The fourth-order valence-corrected chi connectivity index (χ4v) is 2.49. The van der Waals surface area contributed by atoms with E-state index in [1.807, 2.05) is 11.0 Å². The molecule has 0 amide bonds. The Bertz CT molecular complexity index is 679. The van der Waals surface area contributed by atoms with Crippen molar-refractivity contribution in [3.8, 4) is 11.5 Å². The smallest absolute Gasteiger partial charge is 0.163 e. The SMILES string of the molecule is COc1ccc(CN(CCO)Cc2cccc(F)c2F)c(OC)c1. The average molecular weight is 337 g/mol. The van der Waals surface area contributed by atoms with Gasteiger partial charge in [-0.3, -0.25) is 4.90 Å². The van der Waals surface area contributed by atoms with Crippen molar-refractivity contribution in [2.45, 2.75) is 13.1 Å². The zero-order valence-corrected chi connectivity index (χ0v) is 13.8. The van der Waals surface area contributed by atoms with Crippen LogP contribution in [0.25, 0.3) is 0 Å². The van der Waals surface area contributed by atoms with Crippen molar-refractivity contribution < 1.29 is 23.4 Å². The standard InChI is InChI=1S/C18H21F2NO3/c1-23-15-7-6-13(17(10-15)24-2)11-21(8-9-22)12-14-4-3-5-16(19)18(14)20/h3-7,10,22H,8-9,11-12H2,1-2H3. The molecule has 2 aromatic rings. The van der Waals surface area contributed by atoms with E-state index in [9.17, 15) is 13.9 Å². The molecule has 0 aromatic heterocycles. The summed E-state index contributed by atoms with van der Waals surface area (Å²) < 4.78 is 37.8. The zero-order chi connectivity index (χ0) is 17.5. The van der Waals surface area contributed by atoms with Gasteiger partial charge >= 0.3 is 0 Å². The third-order valence-corrected chi connectivity index (χ3v) is 3.73. The molecule has 0 fully saturated rings. The molecular formula is C18H21F2NO3. The fraction of sp³-hybridized carbons (Fsp3) is 0.333. The maximum Gasteiger partial charge on any atom is 0.163 e. The summed E-state index contributed by atoms with van der Waals surface area (Å²) in [6.07, 6.45) is 0. The van der Waals surface area contributed by atoms with E-state index in [0.29, 0.717) is 24.6 Å². The van der Waals surface area contributed by atoms with Crippen LogP contribution in [0.5, 0.6) is 11.5 Å². The van der Waals surface area contributed by atoms with Gasteiger partial charge in [0.05, 0.1) is 20.8 Å². The Kier molecular flexibility index (Phi) is 6.52. The number of aliphatic hydroxyl groups excluding tert-OH is 1. The predicted octanol–water partition coefficient (Wildman–Crippen LogP) is 2.98. The lowest BCUT2D eigenvalue weighted by Gasteiger charge is -2.23. The first-order valence-corrected chi connectivity index (χ1v) is 7.56. The first-order valence-electron chi connectivity index (χ1n) is 7.56. The Hall–Kier alpha value is -2.18. The van der Waals surface area contributed by atoms with E-state index in [1.54, 1.807) is 26.4 Å². The van der Waals surface area contributed by atoms with Crippen molar-refractivity contribution in [3.63, 3.8) is 0 Å². The average Bonchev–Trinajstić information content (AvgIpc) is 2.59. The Morgan fingerprint density at radius 2 is 1.75 bits per heavy atom. The van der Waals surface area contributed by atoms with Crippen molar-refractivity contribution >= 4 is 0 Å². The molecule has 6 heteroatoms. The van der Waals surface area contributed by atoms with Gasteiger partial charge in [-0.1, -0.05) is 18.2 Å². The normalized spacial score (nSPS) is 10.9. The topological polar surface area (TPSA) is 41.9 Å². The second kappa shape index (κ2) is 8.61. The lowest BCUT2D eigenvalue weighted by atomic mass is 10.1. The zero-order valence-electron chi connectivity index (χ0n) is 13.8. The summed E-state index contributed by atoms with van der Waals surface area (Å²) in [5.74, 6) is -0.432. The van der Waals surface area contributed by atoms with E-state index in [2.05, 4.69) is 0 Å². The van der Waals surface area contributed by atoms with Crippen LogP contribution in [0.3, 0.4) is 0 Å². The molecule has 0 unspecified atom stereocenters. The van der Waals surface area contributed by atoms with Gasteiger partial charge in [0.2, 0.25) is 0 Å². The Balaban J connectivity index is 2.21. The quantitative estimate of drug-likeness (QED) is 0.804. The van der Waals surface area contributed by atoms with Crippen molar-refractivity contribution in [1.82, 2.24) is 4.90 Å². The summed E-state index contributed by atoms with van der Waals surface area (Å²) in [6.45, 7) is 0.837. The van der Waals surface area contributed by atoms with Crippen LogP contribution < -0.4 is 9.47 Å². The first kappa shape index (κ1) is 18.2. The van der Waals surface area contributed by atoms with E-state index in [4.69, 9.17) is 9.47 Å². The molecule has 0 heterocycles. The van der Waals surface area contributed by atoms with Crippen LogP contribution in [-0.4, -0.2) is 37.4 Å². The van der Waals surface area contributed by atoms with E-state index in [-0.39, 0.29) is 18.7 Å². The van der Waals surface area contributed by atoms with Gasteiger partial charge in [0.15, 0.2) is 11.6 Å².